The van der Waals surface area contributed by atoms with Crippen LogP contribution in [0.15, 0.2) is 18.2 Å². The molecule has 14 heavy (non-hydrogen) atoms. The number of ether oxygens (including phenoxy) is 1. The van der Waals surface area contributed by atoms with E-state index in [2.05, 4.69) is 0 Å². The Morgan fingerprint density at radius 1 is 1.50 bits per heavy atom. The molecule has 0 fully saturated rings. The van der Waals surface area contributed by atoms with Crippen LogP contribution in [-0.2, 0) is 5.88 Å². The zero-order valence-corrected chi connectivity index (χ0v) is 9.15. The standard InChI is InChI=1S/C10H9ClO2S/c1-13-10-8(5-11)7-4-6(12)2-3-9(7)14-10/h2-4,12H,5H2,1H3. The van der Waals surface area contributed by atoms with Crippen molar-refractivity contribution in [1.29, 1.82) is 0 Å². The van der Waals surface area contributed by atoms with Gasteiger partial charge in [0.05, 0.1) is 13.0 Å². The molecule has 0 radical (unpaired) electrons. The Morgan fingerprint density at radius 2 is 2.29 bits per heavy atom. The quantitative estimate of drug-likeness (QED) is 0.799. The molecule has 1 heterocycles. The van der Waals surface area contributed by atoms with E-state index >= 15 is 0 Å². The molecule has 1 N–H and O–H groups in total. The third-order valence-electron chi connectivity index (χ3n) is 2.06. The highest BCUT2D eigenvalue weighted by molar-refractivity contribution is 7.21. The van der Waals surface area contributed by atoms with E-state index in [1.807, 2.05) is 6.07 Å². The monoisotopic (exact) mass is 228 g/mol. The fourth-order valence-electron chi connectivity index (χ4n) is 1.41. The van der Waals surface area contributed by atoms with Crippen molar-refractivity contribution in [3.8, 4) is 10.8 Å². The zero-order chi connectivity index (χ0) is 10.1. The maximum absolute atomic E-state index is 9.35. The number of aromatic hydroxyl groups is 1. The van der Waals surface area contributed by atoms with E-state index in [4.69, 9.17) is 16.3 Å². The highest BCUT2D eigenvalue weighted by Gasteiger charge is 2.11. The summed E-state index contributed by atoms with van der Waals surface area (Å²) in [5.74, 6) is 0.649. The lowest BCUT2D eigenvalue weighted by Gasteiger charge is -1.97. The molecule has 0 saturated carbocycles. The number of fused-ring (bicyclic) bond motifs is 1. The number of hydrogen-bond donors (Lipinski definition) is 1. The van der Waals surface area contributed by atoms with Crippen LogP contribution >= 0.6 is 22.9 Å². The maximum Gasteiger partial charge on any atom is 0.179 e. The number of phenolic OH excluding ortho intramolecular Hbond substituents is 1. The van der Waals surface area contributed by atoms with Gasteiger partial charge in [-0.1, -0.05) is 11.3 Å². The molecule has 0 atom stereocenters. The SMILES string of the molecule is COc1sc2ccc(O)cc2c1CCl. The van der Waals surface area contributed by atoms with E-state index in [0.717, 1.165) is 20.7 Å². The molecule has 0 aliphatic carbocycles. The second-order valence-corrected chi connectivity index (χ2v) is 4.17. The van der Waals surface area contributed by atoms with Crippen molar-refractivity contribution in [3.05, 3.63) is 23.8 Å². The van der Waals surface area contributed by atoms with E-state index in [0.29, 0.717) is 5.88 Å². The van der Waals surface area contributed by atoms with E-state index in [1.54, 1.807) is 19.2 Å². The van der Waals surface area contributed by atoms with Crippen molar-refractivity contribution in [2.45, 2.75) is 5.88 Å². The fourth-order valence-corrected chi connectivity index (χ4v) is 2.77. The average Bonchev–Trinajstić information content (AvgIpc) is 2.54. The molecule has 0 amide bonds. The largest absolute Gasteiger partial charge is 0.508 e. The summed E-state index contributed by atoms with van der Waals surface area (Å²) in [4.78, 5) is 0. The van der Waals surface area contributed by atoms with Crippen molar-refractivity contribution in [1.82, 2.24) is 0 Å². The number of alkyl halides is 1. The van der Waals surface area contributed by atoms with Crippen LogP contribution in [0.3, 0.4) is 0 Å². The fraction of sp³-hybridized carbons (Fsp3) is 0.200. The number of phenols is 1. The van der Waals surface area contributed by atoms with Crippen LogP contribution in [0.4, 0.5) is 0 Å². The smallest absolute Gasteiger partial charge is 0.179 e. The summed E-state index contributed by atoms with van der Waals surface area (Å²) in [6.07, 6.45) is 0. The lowest BCUT2D eigenvalue weighted by Crippen LogP contribution is -1.82. The Hall–Kier alpha value is -0.930. The van der Waals surface area contributed by atoms with Crippen LogP contribution in [0.2, 0.25) is 0 Å². The third-order valence-corrected chi connectivity index (χ3v) is 3.50. The molecule has 2 rings (SSSR count). The van der Waals surface area contributed by atoms with Crippen LogP contribution in [0, 0.1) is 0 Å². The molecule has 2 aromatic rings. The lowest BCUT2D eigenvalue weighted by atomic mass is 10.2. The summed E-state index contributed by atoms with van der Waals surface area (Å²) in [6.45, 7) is 0. The average molecular weight is 229 g/mol. The number of hydrogen-bond acceptors (Lipinski definition) is 3. The lowest BCUT2D eigenvalue weighted by molar-refractivity contribution is 0.424. The summed E-state index contributed by atoms with van der Waals surface area (Å²) >= 11 is 7.37. The highest BCUT2D eigenvalue weighted by Crippen LogP contribution is 2.39. The summed E-state index contributed by atoms with van der Waals surface area (Å²) in [5, 5.41) is 11.1. The number of thiophene rings is 1. The Bertz CT molecular complexity index is 464. The van der Waals surface area contributed by atoms with Gasteiger partial charge in [0, 0.05) is 15.6 Å². The van der Waals surface area contributed by atoms with Crippen LogP contribution in [0.5, 0.6) is 10.8 Å². The van der Waals surface area contributed by atoms with Gasteiger partial charge in [0.2, 0.25) is 0 Å². The molecule has 0 aliphatic rings. The number of benzene rings is 1. The summed E-state index contributed by atoms with van der Waals surface area (Å²) < 4.78 is 6.29. The van der Waals surface area contributed by atoms with Crippen molar-refractivity contribution in [2.24, 2.45) is 0 Å². The minimum atomic E-state index is 0.254. The third kappa shape index (κ3) is 1.42. The first-order valence-corrected chi connectivity index (χ1v) is 5.45. The van der Waals surface area contributed by atoms with Crippen molar-refractivity contribution >= 4 is 33.0 Å². The summed E-state index contributed by atoms with van der Waals surface area (Å²) in [7, 11) is 1.63. The first kappa shape index (κ1) is 9.62. The van der Waals surface area contributed by atoms with Gasteiger partial charge in [0.1, 0.15) is 5.75 Å². The highest BCUT2D eigenvalue weighted by atomic mass is 35.5. The predicted molar refractivity (Wildman–Crippen MR) is 59.6 cm³/mol. The van der Waals surface area contributed by atoms with E-state index in [1.165, 1.54) is 11.3 Å². The molecular weight excluding hydrogens is 220 g/mol. The van der Waals surface area contributed by atoms with Gasteiger partial charge in [0.25, 0.3) is 0 Å². The van der Waals surface area contributed by atoms with Crippen LogP contribution in [0.1, 0.15) is 5.56 Å². The molecule has 0 aliphatic heterocycles. The van der Waals surface area contributed by atoms with Gasteiger partial charge < -0.3 is 9.84 Å². The summed E-state index contributed by atoms with van der Waals surface area (Å²) in [5.41, 5.74) is 0.949. The van der Waals surface area contributed by atoms with Crippen LogP contribution < -0.4 is 4.74 Å². The zero-order valence-electron chi connectivity index (χ0n) is 7.58. The summed E-state index contributed by atoms with van der Waals surface area (Å²) in [6, 6.07) is 5.25. The molecule has 74 valence electrons. The second-order valence-electron chi connectivity index (χ2n) is 2.89. The van der Waals surface area contributed by atoms with Crippen molar-refractivity contribution in [3.63, 3.8) is 0 Å². The van der Waals surface area contributed by atoms with Crippen molar-refractivity contribution < 1.29 is 9.84 Å². The molecule has 0 unspecified atom stereocenters. The molecule has 1 aromatic heterocycles. The van der Waals surface area contributed by atoms with E-state index in [9.17, 15) is 5.11 Å². The first-order chi connectivity index (χ1) is 6.76. The number of rotatable bonds is 2. The van der Waals surface area contributed by atoms with Crippen LogP contribution in [0.25, 0.3) is 10.1 Å². The first-order valence-electron chi connectivity index (χ1n) is 4.10. The van der Waals surface area contributed by atoms with Crippen LogP contribution in [-0.4, -0.2) is 12.2 Å². The van der Waals surface area contributed by atoms with Gasteiger partial charge in [-0.05, 0) is 18.2 Å². The van der Waals surface area contributed by atoms with Gasteiger partial charge in [-0.15, -0.1) is 11.6 Å². The normalized spacial score (nSPS) is 10.7. The van der Waals surface area contributed by atoms with E-state index < -0.39 is 0 Å². The Balaban J connectivity index is 2.74. The minimum absolute atomic E-state index is 0.254. The van der Waals surface area contributed by atoms with Gasteiger partial charge in [-0.2, -0.15) is 0 Å². The molecule has 0 saturated heterocycles. The molecule has 0 bridgehead atoms. The number of halogens is 1. The van der Waals surface area contributed by atoms with Gasteiger partial charge in [0.15, 0.2) is 5.06 Å². The molecular formula is C10H9ClO2S. The second kappa shape index (κ2) is 3.67. The molecule has 0 spiro atoms. The maximum atomic E-state index is 9.35. The van der Waals surface area contributed by atoms with Gasteiger partial charge >= 0.3 is 0 Å². The molecule has 2 nitrogen and oxygen atoms in total. The van der Waals surface area contributed by atoms with Gasteiger partial charge in [-0.3, -0.25) is 0 Å². The molecule has 1 aromatic carbocycles. The predicted octanol–water partition coefficient (Wildman–Crippen LogP) is 3.35. The molecule has 4 heteroatoms. The van der Waals surface area contributed by atoms with Gasteiger partial charge in [-0.25, -0.2) is 0 Å². The van der Waals surface area contributed by atoms with E-state index in [-0.39, 0.29) is 5.75 Å². The minimum Gasteiger partial charge on any atom is -0.508 e. The number of methoxy groups -OCH3 is 1. The Morgan fingerprint density at radius 3 is 2.93 bits per heavy atom. The topological polar surface area (TPSA) is 29.5 Å². The Kier molecular flexibility index (Phi) is 2.52. The van der Waals surface area contributed by atoms with Crippen molar-refractivity contribution in [2.75, 3.05) is 7.11 Å². The Labute approximate surface area is 90.7 Å².